The third-order valence-corrected chi connectivity index (χ3v) is 2.86. The van der Waals surface area contributed by atoms with Crippen LogP contribution in [0, 0.1) is 0 Å². The van der Waals surface area contributed by atoms with Crippen molar-refractivity contribution in [1.82, 2.24) is 5.43 Å². The number of carbonyl (C=O) groups excluding carboxylic acids is 1. The van der Waals surface area contributed by atoms with Gasteiger partial charge in [-0.05, 0) is 23.6 Å². The Balaban J connectivity index is 1.84. The maximum Gasteiger partial charge on any atom is 0.244 e. The number of hydrogen-bond acceptors (Lipinski definition) is 2. The lowest BCUT2D eigenvalue weighted by Crippen LogP contribution is -2.19. The van der Waals surface area contributed by atoms with Crippen molar-refractivity contribution < 1.29 is 4.79 Å². The summed E-state index contributed by atoms with van der Waals surface area (Å²) in [5.74, 6) is -0.120. The van der Waals surface area contributed by atoms with Gasteiger partial charge in [-0.15, -0.1) is 0 Å². The van der Waals surface area contributed by atoms with E-state index in [2.05, 4.69) is 10.5 Å². The van der Waals surface area contributed by atoms with Crippen molar-refractivity contribution in [2.45, 2.75) is 13.3 Å². The van der Waals surface area contributed by atoms with Gasteiger partial charge in [0.1, 0.15) is 0 Å². The van der Waals surface area contributed by atoms with Crippen LogP contribution in [-0.2, 0) is 11.2 Å². The predicted octanol–water partition coefficient (Wildman–Crippen LogP) is 3.43. The lowest BCUT2D eigenvalue weighted by atomic mass is 10.1. The highest BCUT2D eigenvalue weighted by molar-refractivity contribution is 5.86. The van der Waals surface area contributed by atoms with E-state index in [-0.39, 0.29) is 5.91 Å². The number of rotatable bonds is 5. The summed E-state index contributed by atoms with van der Waals surface area (Å²) < 4.78 is 0. The maximum absolute atomic E-state index is 11.7. The molecule has 2 rings (SSSR count). The number of amides is 1. The molecule has 1 amide bonds. The molecule has 0 bridgehead atoms. The quantitative estimate of drug-likeness (QED) is 0.660. The van der Waals surface area contributed by atoms with Crippen LogP contribution in [0.2, 0.25) is 0 Å². The van der Waals surface area contributed by atoms with E-state index in [0.29, 0.717) is 6.42 Å². The van der Waals surface area contributed by atoms with E-state index in [9.17, 15) is 4.79 Å². The van der Waals surface area contributed by atoms with Crippen LogP contribution in [0.3, 0.4) is 0 Å². The monoisotopic (exact) mass is 278 g/mol. The normalized spacial score (nSPS) is 11.6. The Morgan fingerprint density at radius 2 is 1.67 bits per heavy atom. The van der Waals surface area contributed by atoms with Gasteiger partial charge in [-0.3, -0.25) is 4.79 Å². The fourth-order valence-corrected chi connectivity index (χ4v) is 1.88. The number of hydrazone groups is 1. The van der Waals surface area contributed by atoms with Gasteiger partial charge in [0.05, 0.1) is 12.6 Å². The Morgan fingerprint density at radius 3 is 2.33 bits per heavy atom. The molecule has 0 aliphatic heterocycles. The van der Waals surface area contributed by atoms with Gasteiger partial charge in [0.25, 0.3) is 0 Å². The summed E-state index contributed by atoms with van der Waals surface area (Å²) in [5.41, 5.74) is 5.59. The van der Waals surface area contributed by atoms with Gasteiger partial charge in [-0.1, -0.05) is 66.7 Å². The van der Waals surface area contributed by atoms with Crippen molar-refractivity contribution in [3.63, 3.8) is 0 Å². The Kier molecular flexibility index (Phi) is 5.47. The fraction of sp³-hybridized carbons (Fsp3) is 0.111. The number of nitrogens with zero attached hydrogens (tertiary/aromatic N) is 1. The minimum Gasteiger partial charge on any atom is -0.273 e. The first-order valence-corrected chi connectivity index (χ1v) is 6.83. The number of nitrogens with one attached hydrogen (secondary N) is 1. The summed E-state index contributed by atoms with van der Waals surface area (Å²) in [7, 11) is 0. The minimum atomic E-state index is -0.120. The van der Waals surface area contributed by atoms with Crippen molar-refractivity contribution >= 4 is 18.2 Å². The number of carbonyl (C=O) groups is 1. The molecule has 0 saturated carbocycles. The van der Waals surface area contributed by atoms with Gasteiger partial charge in [0.2, 0.25) is 5.91 Å². The van der Waals surface area contributed by atoms with E-state index in [1.807, 2.05) is 73.7 Å². The smallest absolute Gasteiger partial charge is 0.244 e. The van der Waals surface area contributed by atoms with E-state index < -0.39 is 0 Å². The molecule has 0 aromatic heterocycles. The lowest BCUT2D eigenvalue weighted by Gasteiger charge is -2.00. The van der Waals surface area contributed by atoms with Crippen molar-refractivity contribution in [1.29, 1.82) is 0 Å². The predicted molar refractivity (Wildman–Crippen MR) is 86.9 cm³/mol. The molecule has 3 heteroatoms. The van der Waals surface area contributed by atoms with Crippen LogP contribution in [0.1, 0.15) is 18.1 Å². The van der Waals surface area contributed by atoms with Crippen molar-refractivity contribution in [3.05, 3.63) is 77.4 Å². The number of allylic oxidation sites excluding steroid dienone is 1. The Morgan fingerprint density at radius 1 is 1.05 bits per heavy atom. The molecule has 0 aliphatic carbocycles. The SMILES string of the molecule is CC(/C=N/NC(=O)Cc1ccccc1)=C\c1ccccc1. The van der Waals surface area contributed by atoms with Crippen molar-refractivity contribution in [3.8, 4) is 0 Å². The number of benzene rings is 2. The highest BCUT2D eigenvalue weighted by atomic mass is 16.2. The molecule has 0 saturated heterocycles. The highest BCUT2D eigenvalue weighted by Crippen LogP contribution is 2.04. The molecule has 0 unspecified atom stereocenters. The Bertz CT molecular complexity index is 631. The van der Waals surface area contributed by atoms with Gasteiger partial charge in [0, 0.05) is 0 Å². The molecule has 0 fully saturated rings. The van der Waals surface area contributed by atoms with E-state index in [1.165, 1.54) is 0 Å². The topological polar surface area (TPSA) is 41.5 Å². The van der Waals surface area contributed by atoms with E-state index in [4.69, 9.17) is 0 Å². The summed E-state index contributed by atoms with van der Waals surface area (Å²) in [4.78, 5) is 11.7. The van der Waals surface area contributed by atoms with E-state index in [0.717, 1.165) is 16.7 Å². The molecule has 0 radical (unpaired) electrons. The molecule has 106 valence electrons. The zero-order chi connectivity index (χ0) is 14.9. The average Bonchev–Trinajstić information content (AvgIpc) is 2.49. The minimum absolute atomic E-state index is 0.120. The molecule has 2 aromatic rings. The van der Waals surface area contributed by atoms with Gasteiger partial charge in [0.15, 0.2) is 0 Å². The third-order valence-electron chi connectivity index (χ3n) is 2.86. The first-order valence-electron chi connectivity index (χ1n) is 6.83. The van der Waals surface area contributed by atoms with Gasteiger partial charge >= 0.3 is 0 Å². The van der Waals surface area contributed by atoms with Crippen LogP contribution in [-0.4, -0.2) is 12.1 Å². The molecule has 2 aromatic carbocycles. The second kappa shape index (κ2) is 7.80. The second-order valence-electron chi connectivity index (χ2n) is 4.75. The summed E-state index contributed by atoms with van der Waals surface area (Å²) in [6.07, 6.45) is 3.99. The lowest BCUT2D eigenvalue weighted by molar-refractivity contribution is -0.120. The maximum atomic E-state index is 11.7. The summed E-state index contributed by atoms with van der Waals surface area (Å²) in [6, 6.07) is 19.6. The zero-order valence-corrected chi connectivity index (χ0v) is 12.0. The second-order valence-corrected chi connectivity index (χ2v) is 4.75. The van der Waals surface area contributed by atoms with Gasteiger partial charge < -0.3 is 0 Å². The standard InChI is InChI=1S/C18H18N2O/c1-15(12-16-8-4-2-5-9-16)14-19-20-18(21)13-17-10-6-3-7-11-17/h2-12,14H,13H2,1H3,(H,20,21)/b15-12+,19-14+. The van der Waals surface area contributed by atoms with Gasteiger partial charge in [-0.2, -0.15) is 5.10 Å². The van der Waals surface area contributed by atoms with Crippen LogP contribution in [0.15, 0.2) is 71.3 Å². The molecule has 0 aliphatic rings. The molecule has 1 N–H and O–H groups in total. The van der Waals surface area contributed by atoms with Crippen molar-refractivity contribution in [2.75, 3.05) is 0 Å². The molecule has 0 heterocycles. The Labute approximate surface area is 125 Å². The van der Waals surface area contributed by atoms with E-state index >= 15 is 0 Å². The molecular weight excluding hydrogens is 260 g/mol. The molecule has 3 nitrogen and oxygen atoms in total. The molecular formula is C18H18N2O. The van der Waals surface area contributed by atoms with Crippen LogP contribution in [0.25, 0.3) is 6.08 Å². The van der Waals surface area contributed by atoms with Crippen LogP contribution in [0.5, 0.6) is 0 Å². The van der Waals surface area contributed by atoms with Crippen LogP contribution in [0.4, 0.5) is 0 Å². The van der Waals surface area contributed by atoms with Gasteiger partial charge in [-0.25, -0.2) is 5.43 Å². The zero-order valence-electron chi connectivity index (χ0n) is 12.0. The first kappa shape index (κ1) is 14.7. The molecule has 0 atom stereocenters. The van der Waals surface area contributed by atoms with Crippen LogP contribution >= 0.6 is 0 Å². The fourth-order valence-electron chi connectivity index (χ4n) is 1.88. The molecule has 0 spiro atoms. The van der Waals surface area contributed by atoms with Crippen molar-refractivity contribution in [2.24, 2.45) is 5.10 Å². The van der Waals surface area contributed by atoms with E-state index in [1.54, 1.807) is 6.21 Å². The summed E-state index contributed by atoms with van der Waals surface area (Å²) in [6.45, 7) is 1.94. The first-order chi connectivity index (χ1) is 10.2. The third kappa shape index (κ3) is 5.45. The summed E-state index contributed by atoms with van der Waals surface area (Å²) in [5, 5.41) is 3.97. The largest absolute Gasteiger partial charge is 0.273 e. The molecule has 21 heavy (non-hydrogen) atoms. The van der Waals surface area contributed by atoms with Crippen LogP contribution < -0.4 is 5.43 Å². The highest BCUT2D eigenvalue weighted by Gasteiger charge is 2.00. The Hall–Kier alpha value is -2.68. The average molecular weight is 278 g/mol. The summed E-state index contributed by atoms with van der Waals surface area (Å²) >= 11 is 0. The number of hydrogen-bond donors (Lipinski definition) is 1.